The van der Waals surface area contributed by atoms with Crippen LogP contribution in [0.2, 0.25) is 0 Å². The van der Waals surface area contributed by atoms with Gasteiger partial charge in [0.05, 0.1) is 0 Å². The highest BCUT2D eigenvalue weighted by atomic mass is 16.3. The van der Waals surface area contributed by atoms with Crippen molar-refractivity contribution in [3.63, 3.8) is 0 Å². The molecule has 0 bridgehead atoms. The minimum absolute atomic E-state index is 0.0117. The van der Waals surface area contributed by atoms with Gasteiger partial charge in [0.15, 0.2) is 0 Å². The number of benzene rings is 1. The third kappa shape index (κ3) is 1.65. The van der Waals surface area contributed by atoms with Crippen LogP contribution in [0.4, 0.5) is 0 Å². The summed E-state index contributed by atoms with van der Waals surface area (Å²) in [5, 5.41) is 12.7. The van der Waals surface area contributed by atoms with E-state index in [2.05, 4.69) is 25.2 Å². The molecular weight excluding hydrogens is 186 g/mol. The summed E-state index contributed by atoms with van der Waals surface area (Å²) in [4.78, 5) is 0. The van der Waals surface area contributed by atoms with Gasteiger partial charge in [-0.25, -0.2) is 0 Å². The molecule has 1 aliphatic rings. The Hall–Kier alpha value is -1.28. The average Bonchev–Trinajstić information content (AvgIpc) is 2.61. The molecule has 15 heavy (non-hydrogen) atoms. The van der Waals surface area contributed by atoms with Crippen molar-refractivity contribution >= 4 is 5.57 Å². The smallest absolute Gasteiger partial charge is 0.115 e. The number of allylic oxidation sites excluding steroid dienone is 1. The fourth-order valence-corrected chi connectivity index (χ4v) is 2.06. The Balaban J connectivity index is 2.43. The van der Waals surface area contributed by atoms with Crippen molar-refractivity contribution in [3.8, 4) is 5.75 Å². The van der Waals surface area contributed by atoms with E-state index in [0.29, 0.717) is 5.75 Å². The molecule has 0 aliphatic heterocycles. The molecule has 0 unspecified atom stereocenters. The Morgan fingerprint density at radius 1 is 1.33 bits per heavy atom. The Morgan fingerprint density at radius 3 is 2.73 bits per heavy atom. The van der Waals surface area contributed by atoms with Crippen molar-refractivity contribution in [3.05, 3.63) is 35.4 Å². The Kier molecular flexibility index (Phi) is 2.31. The van der Waals surface area contributed by atoms with Crippen LogP contribution in [-0.2, 0) is 6.42 Å². The molecule has 0 saturated heterocycles. The molecule has 0 fully saturated rings. The summed E-state index contributed by atoms with van der Waals surface area (Å²) in [7, 11) is 1.97. The van der Waals surface area contributed by atoms with Crippen LogP contribution in [0.15, 0.2) is 24.3 Å². The predicted octanol–water partition coefficient (Wildman–Crippen LogP) is 2.33. The summed E-state index contributed by atoms with van der Waals surface area (Å²) in [5.74, 6) is 0.352. The van der Waals surface area contributed by atoms with Crippen LogP contribution in [0, 0.1) is 0 Å². The van der Waals surface area contributed by atoms with Gasteiger partial charge < -0.3 is 10.4 Å². The van der Waals surface area contributed by atoms with Crippen LogP contribution in [0.5, 0.6) is 5.75 Å². The molecule has 0 saturated carbocycles. The van der Waals surface area contributed by atoms with Gasteiger partial charge in [0, 0.05) is 5.54 Å². The number of hydrogen-bond donors (Lipinski definition) is 2. The average molecular weight is 203 g/mol. The summed E-state index contributed by atoms with van der Waals surface area (Å²) in [6.45, 7) is 4.33. The number of hydrogen-bond acceptors (Lipinski definition) is 2. The molecule has 0 heterocycles. The molecule has 2 nitrogen and oxygen atoms in total. The summed E-state index contributed by atoms with van der Waals surface area (Å²) >= 11 is 0. The molecule has 0 spiro atoms. The van der Waals surface area contributed by atoms with E-state index in [1.165, 1.54) is 16.7 Å². The first kappa shape index (κ1) is 10.2. The summed E-state index contributed by atoms with van der Waals surface area (Å²) in [6.07, 6.45) is 3.16. The molecule has 1 aromatic rings. The molecule has 2 N–H and O–H groups in total. The fourth-order valence-electron chi connectivity index (χ4n) is 2.06. The second-order valence-corrected chi connectivity index (χ2v) is 4.54. The van der Waals surface area contributed by atoms with Crippen LogP contribution in [0.3, 0.4) is 0 Å². The number of nitrogens with one attached hydrogen (secondary N) is 1. The van der Waals surface area contributed by atoms with Crippen molar-refractivity contribution in [1.82, 2.24) is 5.32 Å². The lowest BCUT2D eigenvalue weighted by molar-refractivity contribution is 0.474. The standard InChI is InChI=1S/C13H17NO/c1-13(2,14-3)12-7-4-9-8-10(15)5-6-11(9)12/h5-8,14-15H,4H2,1-3H3. The maximum atomic E-state index is 9.40. The lowest BCUT2D eigenvalue weighted by Gasteiger charge is -2.26. The maximum Gasteiger partial charge on any atom is 0.115 e. The van der Waals surface area contributed by atoms with E-state index in [9.17, 15) is 5.11 Å². The van der Waals surface area contributed by atoms with Gasteiger partial charge in [-0.05, 0) is 56.1 Å². The van der Waals surface area contributed by atoms with Crippen molar-refractivity contribution in [1.29, 1.82) is 0 Å². The summed E-state index contributed by atoms with van der Waals surface area (Å²) < 4.78 is 0. The van der Waals surface area contributed by atoms with E-state index in [1.807, 2.05) is 19.2 Å². The Morgan fingerprint density at radius 2 is 2.07 bits per heavy atom. The fraction of sp³-hybridized carbons (Fsp3) is 0.385. The first-order chi connectivity index (χ1) is 7.04. The van der Waals surface area contributed by atoms with Crippen molar-refractivity contribution in [2.24, 2.45) is 0 Å². The van der Waals surface area contributed by atoms with Gasteiger partial charge in [-0.1, -0.05) is 12.1 Å². The number of rotatable bonds is 2. The number of phenolic OH excluding ortho intramolecular Hbond substituents is 1. The second-order valence-electron chi connectivity index (χ2n) is 4.54. The third-order valence-corrected chi connectivity index (χ3v) is 3.20. The zero-order valence-electron chi connectivity index (χ0n) is 9.46. The molecule has 2 heteroatoms. The number of aromatic hydroxyl groups is 1. The molecule has 80 valence electrons. The summed E-state index contributed by atoms with van der Waals surface area (Å²) in [5.41, 5.74) is 3.78. The normalized spacial score (nSPS) is 15.0. The van der Waals surface area contributed by atoms with E-state index >= 15 is 0 Å². The van der Waals surface area contributed by atoms with Crippen LogP contribution >= 0.6 is 0 Å². The SMILES string of the molecule is CNC(C)(C)C1=CCc2cc(O)ccc21. The largest absolute Gasteiger partial charge is 0.508 e. The Bertz CT molecular complexity index is 419. The van der Waals surface area contributed by atoms with Crippen LogP contribution in [0.1, 0.15) is 25.0 Å². The molecule has 1 aliphatic carbocycles. The van der Waals surface area contributed by atoms with Gasteiger partial charge >= 0.3 is 0 Å². The third-order valence-electron chi connectivity index (χ3n) is 3.20. The second kappa shape index (κ2) is 3.38. The van der Waals surface area contributed by atoms with Gasteiger partial charge in [-0.3, -0.25) is 0 Å². The molecule has 0 aromatic heterocycles. The highest BCUT2D eigenvalue weighted by molar-refractivity contribution is 5.79. The van der Waals surface area contributed by atoms with E-state index in [0.717, 1.165) is 6.42 Å². The monoisotopic (exact) mass is 203 g/mol. The topological polar surface area (TPSA) is 32.3 Å². The highest BCUT2D eigenvalue weighted by Gasteiger charge is 2.26. The number of likely N-dealkylation sites (N-methyl/N-ethyl adjacent to an activating group) is 1. The number of phenols is 1. The molecule has 0 amide bonds. The van der Waals surface area contributed by atoms with Gasteiger partial charge in [-0.2, -0.15) is 0 Å². The highest BCUT2D eigenvalue weighted by Crippen LogP contribution is 2.36. The first-order valence-corrected chi connectivity index (χ1v) is 5.26. The molecule has 1 aromatic carbocycles. The van der Waals surface area contributed by atoms with Crippen molar-refractivity contribution in [2.75, 3.05) is 7.05 Å². The zero-order chi connectivity index (χ0) is 11.1. The molecule has 2 rings (SSSR count). The van der Waals surface area contributed by atoms with Gasteiger partial charge in [0.2, 0.25) is 0 Å². The Labute approximate surface area is 90.6 Å². The molecule has 0 atom stereocenters. The molecule has 0 radical (unpaired) electrons. The van der Waals surface area contributed by atoms with E-state index in [-0.39, 0.29) is 5.54 Å². The molecular formula is C13H17NO. The van der Waals surface area contributed by atoms with Crippen LogP contribution in [0.25, 0.3) is 5.57 Å². The van der Waals surface area contributed by atoms with Crippen LogP contribution < -0.4 is 5.32 Å². The van der Waals surface area contributed by atoms with Crippen molar-refractivity contribution < 1.29 is 5.11 Å². The summed E-state index contributed by atoms with van der Waals surface area (Å²) in [6, 6.07) is 5.61. The first-order valence-electron chi connectivity index (χ1n) is 5.26. The van der Waals surface area contributed by atoms with E-state index < -0.39 is 0 Å². The van der Waals surface area contributed by atoms with Crippen LogP contribution in [-0.4, -0.2) is 17.7 Å². The maximum absolute atomic E-state index is 9.40. The lowest BCUT2D eigenvalue weighted by Crippen LogP contribution is -2.36. The van der Waals surface area contributed by atoms with Crippen molar-refractivity contribution in [2.45, 2.75) is 25.8 Å². The van der Waals surface area contributed by atoms with Gasteiger partial charge in [-0.15, -0.1) is 0 Å². The predicted molar refractivity (Wildman–Crippen MR) is 62.9 cm³/mol. The van der Waals surface area contributed by atoms with Gasteiger partial charge in [0.25, 0.3) is 0 Å². The number of fused-ring (bicyclic) bond motifs is 1. The quantitative estimate of drug-likeness (QED) is 0.773. The van der Waals surface area contributed by atoms with E-state index in [4.69, 9.17) is 0 Å². The van der Waals surface area contributed by atoms with Gasteiger partial charge in [0.1, 0.15) is 5.75 Å². The lowest BCUT2D eigenvalue weighted by atomic mass is 9.90. The minimum atomic E-state index is -0.0117. The minimum Gasteiger partial charge on any atom is -0.508 e. The van der Waals surface area contributed by atoms with E-state index in [1.54, 1.807) is 6.07 Å². The zero-order valence-corrected chi connectivity index (χ0v) is 9.46.